The molecule has 1 aromatic carbocycles. The van der Waals surface area contributed by atoms with Crippen LogP contribution in [0.2, 0.25) is 0 Å². The molecule has 1 aliphatic heterocycles. The van der Waals surface area contributed by atoms with E-state index in [0.717, 1.165) is 25.9 Å². The van der Waals surface area contributed by atoms with E-state index >= 15 is 0 Å². The molecule has 11 nitrogen and oxygen atoms in total. The smallest absolute Gasteiger partial charge is 0.336 e. The van der Waals surface area contributed by atoms with E-state index in [1.54, 1.807) is 32.0 Å². The van der Waals surface area contributed by atoms with Gasteiger partial charge in [-0.1, -0.05) is 6.07 Å². The zero-order chi connectivity index (χ0) is 23.4. The first-order valence-corrected chi connectivity index (χ1v) is 10.0. The van der Waals surface area contributed by atoms with Crippen LogP contribution in [0.4, 0.5) is 5.69 Å². The van der Waals surface area contributed by atoms with Gasteiger partial charge in [0.15, 0.2) is 6.61 Å². The minimum Gasteiger partial charge on any atom is -0.466 e. The van der Waals surface area contributed by atoms with E-state index in [-0.39, 0.29) is 11.1 Å². The SMILES string of the molecule is COC(=O)C1=C(C)NC(C)=C(C(=O)OC)C1C(=O)OCC(=O)Nc1cccc2nsnc12. The number of aromatic nitrogens is 2. The average Bonchev–Trinajstić information content (AvgIpc) is 3.26. The maximum atomic E-state index is 12.9. The summed E-state index contributed by atoms with van der Waals surface area (Å²) in [6.07, 6.45) is 0. The molecule has 0 saturated heterocycles. The monoisotopic (exact) mass is 460 g/mol. The van der Waals surface area contributed by atoms with Crippen LogP contribution in [-0.4, -0.2) is 53.4 Å². The number of nitrogens with one attached hydrogen (secondary N) is 2. The van der Waals surface area contributed by atoms with E-state index in [2.05, 4.69) is 19.4 Å². The van der Waals surface area contributed by atoms with Crippen LogP contribution in [0.1, 0.15) is 13.8 Å². The number of methoxy groups -OCH3 is 2. The molecule has 1 aromatic heterocycles. The lowest BCUT2D eigenvalue weighted by molar-refractivity contribution is -0.152. The van der Waals surface area contributed by atoms with E-state index < -0.39 is 36.3 Å². The molecule has 1 amide bonds. The summed E-state index contributed by atoms with van der Waals surface area (Å²) in [6, 6.07) is 5.09. The quantitative estimate of drug-likeness (QED) is 0.477. The number of carbonyl (C=O) groups excluding carboxylic acids is 4. The average molecular weight is 460 g/mol. The van der Waals surface area contributed by atoms with Crippen molar-refractivity contribution in [3.63, 3.8) is 0 Å². The van der Waals surface area contributed by atoms with Crippen molar-refractivity contribution in [3.05, 3.63) is 40.7 Å². The Balaban J connectivity index is 1.80. The summed E-state index contributed by atoms with van der Waals surface area (Å²) in [6.45, 7) is 2.45. The van der Waals surface area contributed by atoms with Gasteiger partial charge in [-0.25, -0.2) is 9.59 Å². The molecular formula is C20H20N4O7S. The van der Waals surface area contributed by atoms with E-state index in [1.165, 1.54) is 0 Å². The van der Waals surface area contributed by atoms with Crippen molar-refractivity contribution >= 4 is 52.3 Å². The molecule has 3 rings (SSSR count). The van der Waals surface area contributed by atoms with Gasteiger partial charge >= 0.3 is 17.9 Å². The number of amides is 1. The first-order valence-electron chi connectivity index (χ1n) is 9.31. The first-order chi connectivity index (χ1) is 15.3. The maximum Gasteiger partial charge on any atom is 0.336 e. The molecule has 32 heavy (non-hydrogen) atoms. The molecule has 1 aliphatic rings. The Bertz CT molecular complexity index is 1130. The summed E-state index contributed by atoms with van der Waals surface area (Å²) in [5.74, 6) is -4.67. The zero-order valence-corrected chi connectivity index (χ0v) is 18.5. The summed E-state index contributed by atoms with van der Waals surface area (Å²) < 4.78 is 22.9. The zero-order valence-electron chi connectivity index (χ0n) is 17.7. The molecule has 2 aromatic rings. The van der Waals surface area contributed by atoms with Gasteiger partial charge in [-0.15, -0.1) is 0 Å². The highest BCUT2D eigenvalue weighted by atomic mass is 32.1. The second-order valence-corrected chi connectivity index (χ2v) is 7.24. The van der Waals surface area contributed by atoms with Crippen molar-refractivity contribution in [3.8, 4) is 0 Å². The number of anilines is 1. The van der Waals surface area contributed by atoms with Gasteiger partial charge in [0, 0.05) is 11.4 Å². The number of carbonyl (C=O) groups is 4. The number of nitrogens with zero attached hydrogens (tertiary/aromatic N) is 2. The molecule has 0 aliphatic carbocycles. The van der Waals surface area contributed by atoms with E-state index in [4.69, 9.17) is 14.2 Å². The molecule has 0 spiro atoms. The van der Waals surface area contributed by atoms with Crippen molar-refractivity contribution in [2.24, 2.45) is 5.92 Å². The van der Waals surface area contributed by atoms with Gasteiger partial charge in [0.25, 0.3) is 5.91 Å². The summed E-state index contributed by atoms with van der Waals surface area (Å²) >= 11 is 1.00. The van der Waals surface area contributed by atoms with Gasteiger partial charge in [0.05, 0.1) is 42.8 Å². The van der Waals surface area contributed by atoms with Crippen LogP contribution < -0.4 is 10.6 Å². The van der Waals surface area contributed by atoms with Crippen LogP contribution in [0, 0.1) is 5.92 Å². The van der Waals surface area contributed by atoms with Gasteiger partial charge in [-0.2, -0.15) is 8.75 Å². The first kappa shape index (κ1) is 22.9. The second-order valence-electron chi connectivity index (χ2n) is 6.71. The summed E-state index contributed by atoms with van der Waals surface area (Å²) in [4.78, 5) is 50.0. The molecule has 168 valence electrons. The van der Waals surface area contributed by atoms with Crippen LogP contribution in [-0.2, 0) is 33.4 Å². The number of allylic oxidation sites excluding steroid dienone is 2. The lowest BCUT2D eigenvalue weighted by atomic mass is 9.85. The fourth-order valence-electron chi connectivity index (χ4n) is 3.30. The number of fused-ring (bicyclic) bond motifs is 1. The Morgan fingerprint density at radius 1 is 1.03 bits per heavy atom. The standard InChI is InChI=1S/C20H20N4O7S/c1-9-14(18(26)29-3)16(15(10(2)21-9)19(27)30-4)20(28)31-8-13(25)22-11-6-5-7-12-17(11)24-32-23-12/h5-7,16,21H,8H2,1-4H3,(H,22,25). The van der Waals surface area contributed by atoms with Crippen molar-refractivity contribution in [2.45, 2.75) is 13.8 Å². The fraction of sp³-hybridized carbons (Fsp3) is 0.300. The largest absolute Gasteiger partial charge is 0.466 e. The molecule has 0 saturated carbocycles. The van der Waals surface area contributed by atoms with Gasteiger partial charge in [0.2, 0.25) is 0 Å². The number of esters is 3. The van der Waals surface area contributed by atoms with Crippen LogP contribution in [0.5, 0.6) is 0 Å². The number of benzene rings is 1. The van der Waals surface area contributed by atoms with Crippen LogP contribution in [0.3, 0.4) is 0 Å². The number of rotatable bonds is 6. The molecule has 0 fully saturated rings. The number of ether oxygens (including phenoxy) is 3. The number of hydrogen-bond acceptors (Lipinski definition) is 11. The molecule has 0 radical (unpaired) electrons. The maximum absolute atomic E-state index is 12.9. The minimum absolute atomic E-state index is 0.109. The van der Waals surface area contributed by atoms with Crippen LogP contribution in [0.25, 0.3) is 11.0 Å². The van der Waals surface area contributed by atoms with Gasteiger partial charge in [-0.05, 0) is 26.0 Å². The second kappa shape index (κ2) is 9.56. The van der Waals surface area contributed by atoms with Crippen LogP contribution >= 0.6 is 11.7 Å². The summed E-state index contributed by atoms with van der Waals surface area (Å²) in [7, 11) is 2.30. The Kier molecular flexibility index (Phi) is 6.83. The topological polar surface area (TPSA) is 146 Å². The lowest BCUT2D eigenvalue weighted by Gasteiger charge is -2.28. The van der Waals surface area contributed by atoms with Gasteiger partial charge < -0.3 is 24.8 Å². The molecule has 0 atom stereocenters. The molecule has 2 heterocycles. The third kappa shape index (κ3) is 4.44. The third-order valence-corrected chi connectivity index (χ3v) is 5.25. The predicted molar refractivity (Wildman–Crippen MR) is 113 cm³/mol. The fourth-order valence-corrected chi connectivity index (χ4v) is 3.85. The number of dihydropyridines is 1. The third-order valence-electron chi connectivity index (χ3n) is 4.71. The van der Waals surface area contributed by atoms with Crippen molar-refractivity contribution < 1.29 is 33.4 Å². The Hall–Kier alpha value is -3.80. The minimum atomic E-state index is -1.42. The van der Waals surface area contributed by atoms with E-state index in [0.29, 0.717) is 28.1 Å². The molecular weight excluding hydrogens is 440 g/mol. The van der Waals surface area contributed by atoms with E-state index in [9.17, 15) is 19.2 Å². The highest BCUT2D eigenvalue weighted by Gasteiger charge is 2.42. The van der Waals surface area contributed by atoms with Crippen molar-refractivity contribution in [1.82, 2.24) is 14.1 Å². The van der Waals surface area contributed by atoms with Crippen molar-refractivity contribution in [2.75, 3.05) is 26.1 Å². The Morgan fingerprint density at radius 3 is 2.25 bits per heavy atom. The molecule has 12 heteroatoms. The normalized spacial score (nSPS) is 14.1. The summed E-state index contributed by atoms with van der Waals surface area (Å²) in [5, 5.41) is 5.47. The summed E-state index contributed by atoms with van der Waals surface area (Å²) in [5.41, 5.74) is 1.95. The molecule has 0 unspecified atom stereocenters. The highest BCUT2D eigenvalue weighted by Crippen LogP contribution is 2.32. The molecule has 2 N–H and O–H groups in total. The lowest BCUT2D eigenvalue weighted by Crippen LogP contribution is -2.38. The number of hydrogen-bond donors (Lipinski definition) is 2. The Morgan fingerprint density at radius 2 is 1.66 bits per heavy atom. The highest BCUT2D eigenvalue weighted by molar-refractivity contribution is 7.00. The van der Waals surface area contributed by atoms with Crippen LogP contribution in [0.15, 0.2) is 40.7 Å². The van der Waals surface area contributed by atoms with Crippen molar-refractivity contribution in [1.29, 1.82) is 0 Å². The van der Waals surface area contributed by atoms with E-state index in [1.807, 2.05) is 0 Å². The predicted octanol–water partition coefficient (Wildman–Crippen LogP) is 1.29. The van der Waals surface area contributed by atoms with Gasteiger partial charge in [0.1, 0.15) is 17.0 Å². The Labute approximate surface area is 186 Å². The molecule has 0 bridgehead atoms. The van der Waals surface area contributed by atoms with Gasteiger partial charge in [-0.3, -0.25) is 9.59 Å².